The van der Waals surface area contributed by atoms with Crippen LogP contribution in [-0.2, 0) is 9.59 Å². The lowest BCUT2D eigenvalue weighted by atomic mass is 10.1. The Morgan fingerprint density at radius 2 is 1.60 bits per heavy atom. The first kappa shape index (κ1) is 20.7. The number of Topliss-reactive ketones (excluding diaryl/α,β-unsaturated/α-hetero) is 1. The fraction of sp³-hybridized carbons (Fsp3) is 0.318. The van der Waals surface area contributed by atoms with Crippen LogP contribution in [0.1, 0.15) is 16.8 Å². The predicted molar refractivity (Wildman–Crippen MR) is 116 cm³/mol. The highest BCUT2D eigenvalue weighted by atomic mass is 35.5. The summed E-state index contributed by atoms with van der Waals surface area (Å²) in [6.07, 6.45) is 0.0738. The van der Waals surface area contributed by atoms with E-state index in [4.69, 9.17) is 23.2 Å². The summed E-state index contributed by atoms with van der Waals surface area (Å²) in [5.74, 6) is -0.541. The van der Waals surface area contributed by atoms with E-state index in [9.17, 15) is 14.4 Å². The van der Waals surface area contributed by atoms with Gasteiger partial charge in [0.2, 0.25) is 5.91 Å². The predicted octanol–water partition coefficient (Wildman–Crippen LogP) is 3.13. The SMILES string of the molecule is O=C1C[C@@H](C(=O)N2CCN(c3ccc(Cl)c(Cl)c3)CC2)N(C(=O)c2ccccc2)C1. The number of carbonyl (C=O) groups excluding carboxylic acids is 3. The molecular weight excluding hydrogens is 425 g/mol. The van der Waals surface area contributed by atoms with Crippen LogP contribution in [0, 0.1) is 0 Å². The average molecular weight is 446 g/mol. The molecule has 0 N–H and O–H groups in total. The molecule has 0 spiro atoms. The molecule has 6 nitrogen and oxygen atoms in total. The quantitative estimate of drug-likeness (QED) is 0.727. The van der Waals surface area contributed by atoms with Gasteiger partial charge in [0.15, 0.2) is 5.78 Å². The largest absolute Gasteiger partial charge is 0.368 e. The van der Waals surface area contributed by atoms with E-state index in [1.807, 2.05) is 18.2 Å². The number of halogens is 2. The Balaban J connectivity index is 1.43. The zero-order valence-electron chi connectivity index (χ0n) is 16.3. The third-order valence-electron chi connectivity index (χ3n) is 5.57. The second-order valence-corrected chi connectivity index (χ2v) is 8.28. The molecule has 0 saturated carbocycles. The normalized spacial score (nSPS) is 19.3. The monoisotopic (exact) mass is 445 g/mol. The molecule has 2 aromatic rings. The van der Waals surface area contributed by atoms with Crippen molar-refractivity contribution in [3.63, 3.8) is 0 Å². The van der Waals surface area contributed by atoms with Gasteiger partial charge < -0.3 is 14.7 Å². The first-order valence-electron chi connectivity index (χ1n) is 9.80. The van der Waals surface area contributed by atoms with Gasteiger partial charge in [0.1, 0.15) is 6.04 Å². The molecule has 2 fully saturated rings. The van der Waals surface area contributed by atoms with Crippen LogP contribution < -0.4 is 4.90 Å². The molecular formula is C22H21Cl2N3O3. The van der Waals surface area contributed by atoms with Crippen molar-refractivity contribution in [2.75, 3.05) is 37.6 Å². The van der Waals surface area contributed by atoms with Gasteiger partial charge in [-0.05, 0) is 30.3 Å². The number of amides is 2. The van der Waals surface area contributed by atoms with Crippen molar-refractivity contribution >= 4 is 46.5 Å². The molecule has 0 aliphatic carbocycles. The van der Waals surface area contributed by atoms with E-state index >= 15 is 0 Å². The van der Waals surface area contributed by atoms with Crippen molar-refractivity contribution in [3.05, 3.63) is 64.1 Å². The first-order chi connectivity index (χ1) is 14.4. The first-order valence-corrected chi connectivity index (χ1v) is 10.6. The fourth-order valence-electron chi connectivity index (χ4n) is 3.95. The Hall–Kier alpha value is -2.57. The molecule has 2 saturated heterocycles. The van der Waals surface area contributed by atoms with E-state index in [0.717, 1.165) is 5.69 Å². The number of hydrogen-bond donors (Lipinski definition) is 0. The van der Waals surface area contributed by atoms with Gasteiger partial charge in [0.25, 0.3) is 5.91 Å². The Kier molecular flexibility index (Phi) is 5.97. The van der Waals surface area contributed by atoms with Crippen LogP contribution in [0.25, 0.3) is 0 Å². The number of nitrogens with zero attached hydrogens (tertiary/aromatic N) is 3. The second kappa shape index (κ2) is 8.66. The van der Waals surface area contributed by atoms with Gasteiger partial charge in [-0.1, -0.05) is 41.4 Å². The maximum absolute atomic E-state index is 13.2. The molecule has 0 bridgehead atoms. The van der Waals surface area contributed by atoms with E-state index in [2.05, 4.69) is 4.90 Å². The molecule has 8 heteroatoms. The van der Waals surface area contributed by atoms with E-state index in [0.29, 0.717) is 41.8 Å². The molecule has 2 aliphatic rings. The van der Waals surface area contributed by atoms with Crippen LogP contribution in [0.2, 0.25) is 10.0 Å². The minimum absolute atomic E-state index is 0.0205. The summed E-state index contributed by atoms with van der Waals surface area (Å²) in [6, 6.07) is 13.5. The minimum atomic E-state index is -0.735. The second-order valence-electron chi connectivity index (χ2n) is 7.47. The zero-order valence-corrected chi connectivity index (χ0v) is 17.8. The number of benzene rings is 2. The minimum Gasteiger partial charge on any atom is -0.368 e. The summed E-state index contributed by atoms with van der Waals surface area (Å²) < 4.78 is 0. The van der Waals surface area contributed by atoms with Crippen molar-refractivity contribution in [2.24, 2.45) is 0 Å². The molecule has 2 amide bonds. The Morgan fingerprint density at radius 3 is 2.27 bits per heavy atom. The Labute approximate surface area is 184 Å². The molecule has 1 atom stereocenters. The van der Waals surface area contributed by atoms with Gasteiger partial charge in [0, 0.05) is 43.9 Å². The smallest absolute Gasteiger partial charge is 0.254 e. The standard InChI is InChI=1S/C22H21Cl2N3O3/c23-18-7-6-16(12-19(18)24)25-8-10-26(11-9-25)22(30)20-13-17(28)14-27(20)21(29)15-4-2-1-3-5-15/h1-7,12,20H,8-11,13-14H2/t20-/m0/s1. The summed E-state index contributed by atoms with van der Waals surface area (Å²) in [6.45, 7) is 2.27. The van der Waals surface area contributed by atoms with Crippen LogP contribution in [-0.4, -0.2) is 66.2 Å². The van der Waals surface area contributed by atoms with E-state index in [1.54, 1.807) is 35.2 Å². The van der Waals surface area contributed by atoms with Crippen LogP contribution >= 0.6 is 23.2 Å². The van der Waals surface area contributed by atoms with Gasteiger partial charge >= 0.3 is 0 Å². The summed E-state index contributed by atoms with van der Waals surface area (Å²) in [7, 11) is 0. The molecule has 0 radical (unpaired) electrons. The third kappa shape index (κ3) is 4.16. The summed E-state index contributed by atoms with van der Waals surface area (Å²) >= 11 is 12.1. The highest BCUT2D eigenvalue weighted by Gasteiger charge is 2.41. The van der Waals surface area contributed by atoms with Crippen LogP contribution in [0.4, 0.5) is 5.69 Å². The summed E-state index contributed by atoms with van der Waals surface area (Å²) in [5, 5.41) is 0.996. The van der Waals surface area contributed by atoms with Crippen molar-refractivity contribution in [1.82, 2.24) is 9.80 Å². The molecule has 0 aromatic heterocycles. The number of ketones is 1. The van der Waals surface area contributed by atoms with Gasteiger partial charge in [-0.2, -0.15) is 0 Å². The van der Waals surface area contributed by atoms with Crippen molar-refractivity contribution in [1.29, 1.82) is 0 Å². The number of hydrogen-bond acceptors (Lipinski definition) is 4. The van der Waals surface area contributed by atoms with Gasteiger partial charge in [0.05, 0.1) is 16.6 Å². The van der Waals surface area contributed by atoms with Crippen LogP contribution in [0.15, 0.2) is 48.5 Å². The number of anilines is 1. The van der Waals surface area contributed by atoms with E-state index in [-0.39, 0.29) is 30.6 Å². The average Bonchev–Trinajstić information content (AvgIpc) is 3.17. The molecule has 2 aliphatic heterocycles. The molecule has 156 valence electrons. The van der Waals surface area contributed by atoms with Crippen molar-refractivity contribution < 1.29 is 14.4 Å². The topological polar surface area (TPSA) is 60.9 Å². The van der Waals surface area contributed by atoms with Crippen molar-refractivity contribution in [2.45, 2.75) is 12.5 Å². The van der Waals surface area contributed by atoms with Crippen molar-refractivity contribution in [3.8, 4) is 0 Å². The number of carbonyl (C=O) groups is 3. The maximum Gasteiger partial charge on any atom is 0.254 e. The summed E-state index contributed by atoms with van der Waals surface area (Å²) in [5.41, 5.74) is 1.43. The third-order valence-corrected chi connectivity index (χ3v) is 6.31. The molecule has 2 aromatic carbocycles. The molecule has 30 heavy (non-hydrogen) atoms. The lowest BCUT2D eigenvalue weighted by Gasteiger charge is -2.38. The number of rotatable bonds is 3. The highest BCUT2D eigenvalue weighted by Crippen LogP contribution is 2.28. The Morgan fingerprint density at radius 1 is 0.900 bits per heavy atom. The zero-order chi connectivity index (χ0) is 21.3. The maximum atomic E-state index is 13.2. The molecule has 2 heterocycles. The van der Waals surface area contributed by atoms with E-state index in [1.165, 1.54) is 4.90 Å². The van der Waals surface area contributed by atoms with Gasteiger partial charge in [-0.25, -0.2) is 0 Å². The Bertz CT molecular complexity index is 975. The lowest BCUT2D eigenvalue weighted by molar-refractivity contribution is -0.135. The lowest BCUT2D eigenvalue weighted by Crippen LogP contribution is -2.54. The van der Waals surface area contributed by atoms with E-state index < -0.39 is 6.04 Å². The van der Waals surface area contributed by atoms with Gasteiger partial charge in [-0.3, -0.25) is 14.4 Å². The molecule has 0 unspecified atom stereocenters. The number of piperazine rings is 1. The van der Waals surface area contributed by atoms with Crippen LogP contribution in [0.5, 0.6) is 0 Å². The summed E-state index contributed by atoms with van der Waals surface area (Å²) in [4.78, 5) is 43.4. The number of likely N-dealkylation sites (tertiary alicyclic amines) is 1. The van der Waals surface area contributed by atoms with Gasteiger partial charge in [-0.15, -0.1) is 0 Å². The molecule has 4 rings (SSSR count). The van der Waals surface area contributed by atoms with Crippen LogP contribution in [0.3, 0.4) is 0 Å². The fourth-order valence-corrected chi connectivity index (χ4v) is 4.24. The highest BCUT2D eigenvalue weighted by molar-refractivity contribution is 6.42.